The number of thioether (sulfide) groups is 1. The Hall–Kier alpha value is -1.83. The number of fused-ring (bicyclic) bond motifs is 1. The van der Waals surface area contributed by atoms with E-state index in [-0.39, 0.29) is 35.8 Å². The number of nitrogens with zero attached hydrogens (tertiary/aromatic N) is 3. The first-order valence-corrected chi connectivity index (χ1v) is 9.23. The van der Waals surface area contributed by atoms with E-state index in [0.717, 1.165) is 12.8 Å². The molecule has 0 bridgehead atoms. The number of carbonyl (C=O) groups excluding carboxylic acids is 2. The minimum Gasteiger partial charge on any atom is -0.466 e. The van der Waals surface area contributed by atoms with Crippen LogP contribution in [0.2, 0.25) is 0 Å². The summed E-state index contributed by atoms with van der Waals surface area (Å²) in [4.78, 5) is 42.5. The lowest BCUT2D eigenvalue weighted by Crippen LogP contribution is -2.43. The van der Waals surface area contributed by atoms with Gasteiger partial charge in [0.25, 0.3) is 5.56 Å². The minimum absolute atomic E-state index is 0.0156. The van der Waals surface area contributed by atoms with Gasteiger partial charge in [-0.25, -0.2) is 4.98 Å². The maximum Gasteiger partial charge on any atom is 0.310 e. The van der Waals surface area contributed by atoms with Crippen molar-refractivity contribution in [2.75, 3.05) is 25.4 Å². The molecule has 2 atom stereocenters. The highest BCUT2D eigenvalue weighted by atomic mass is 32.2. The topological polar surface area (TPSA) is 81.5 Å². The van der Waals surface area contributed by atoms with E-state index in [1.54, 1.807) is 16.4 Å². The number of aromatic nitrogens is 2. The van der Waals surface area contributed by atoms with E-state index < -0.39 is 0 Å². The molecule has 0 aromatic carbocycles. The van der Waals surface area contributed by atoms with Crippen LogP contribution in [0.5, 0.6) is 0 Å². The van der Waals surface area contributed by atoms with Gasteiger partial charge >= 0.3 is 5.97 Å². The van der Waals surface area contributed by atoms with Gasteiger partial charge in [-0.05, 0) is 19.8 Å². The van der Waals surface area contributed by atoms with E-state index >= 15 is 0 Å². The molecule has 3 rings (SSSR count). The summed E-state index contributed by atoms with van der Waals surface area (Å²) in [6.45, 7) is 3.20. The third kappa shape index (κ3) is 3.48. The highest BCUT2D eigenvalue weighted by molar-refractivity contribution is 7.99. The van der Waals surface area contributed by atoms with Crippen LogP contribution in [0.4, 0.5) is 0 Å². The largest absolute Gasteiger partial charge is 0.466 e. The van der Waals surface area contributed by atoms with E-state index in [1.165, 1.54) is 24.0 Å². The van der Waals surface area contributed by atoms with Gasteiger partial charge in [0.05, 0.1) is 18.6 Å². The first kappa shape index (κ1) is 17.0. The molecule has 1 fully saturated rings. The van der Waals surface area contributed by atoms with Crippen molar-refractivity contribution in [2.24, 2.45) is 5.92 Å². The maximum atomic E-state index is 12.6. The fourth-order valence-corrected chi connectivity index (χ4v) is 4.35. The van der Waals surface area contributed by atoms with Crippen LogP contribution < -0.4 is 5.56 Å². The van der Waals surface area contributed by atoms with Crippen molar-refractivity contribution in [3.8, 4) is 0 Å². The second-order valence-electron chi connectivity index (χ2n) is 6.04. The molecule has 3 heterocycles. The summed E-state index contributed by atoms with van der Waals surface area (Å²) in [5.41, 5.74) is -0.120. The summed E-state index contributed by atoms with van der Waals surface area (Å²) in [6, 6.07) is 1.26. The van der Waals surface area contributed by atoms with Crippen LogP contribution in [0.15, 0.2) is 22.2 Å². The van der Waals surface area contributed by atoms with Gasteiger partial charge in [-0.1, -0.05) is 11.8 Å². The lowest BCUT2D eigenvalue weighted by molar-refractivity contribution is -0.151. The fraction of sp³-hybridized carbons (Fsp3) is 0.625. The molecule has 7 nitrogen and oxygen atoms in total. The summed E-state index contributed by atoms with van der Waals surface area (Å²) in [6.07, 6.45) is 3.32. The van der Waals surface area contributed by atoms with Crippen LogP contribution in [0, 0.1) is 5.92 Å². The van der Waals surface area contributed by atoms with Crippen LogP contribution in [0.1, 0.15) is 32.2 Å². The summed E-state index contributed by atoms with van der Waals surface area (Å²) in [5, 5.41) is 0.670. The zero-order valence-electron chi connectivity index (χ0n) is 13.6. The van der Waals surface area contributed by atoms with Crippen molar-refractivity contribution < 1.29 is 14.3 Å². The Balaban J connectivity index is 1.64. The third-order valence-electron chi connectivity index (χ3n) is 4.42. The monoisotopic (exact) mass is 351 g/mol. The Kier molecular flexibility index (Phi) is 5.23. The van der Waals surface area contributed by atoms with E-state index in [1.807, 2.05) is 0 Å². The van der Waals surface area contributed by atoms with Crippen molar-refractivity contribution in [3.63, 3.8) is 0 Å². The molecule has 1 amide bonds. The number of rotatable bonds is 4. The number of hydrogen-bond donors (Lipinski definition) is 0. The number of hydrogen-bond acceptors (Lipinski definition) is 6. The quantitative estimate of drug-likeness (QED) is 0.596. The van der Waals surface area contributed by atoms with Gasteiger partial charge in [0.1, 0.15) is 0 Å². The first-order valence-electron chi connectivity index (χ1n) is 8.25. The SMILES string of the molecule is CCOC(=O)[C@H]1CCCN(C(=O)C[C@@H]2CSc3nccc(=O)n32)C1. The molecule has 2 aliphatic heterocycles. The molecule has 0 saturated carbocycles. The molecule has 0 aliphatic carbocycles. The van der Waals surface area contributed by atoms with Crippen molar-refractivity contribution in [3.05, 3.63) is 22.6 Å². The average molecular weight is 351 g/mol. The van der Waals surface area contributed by atoms with Gasteiger partial charge in [0, 0.05) is 37.5 Å². The lowest BCUT2D eigenvalue weighted by Gasteiger charge is -2.32. The van der Waals surface area contributed by atoms with Crippen molar-refractivity contribution in [1.29, 1.82) is 0 Å². The summed E-state index contributed by atoms with van der Waals surface area (Å²) in [7, 11) is 0. The normalized spacial score (nSPS) is 23.0. The van der Waals surface area contributed by atoms with Gasteiger partial charge in [0.15, 0.2) is 5.16 Å². The Labute approximate surface area is 144 Å². The third-order valence-corrected chi connectivity index (χ3v) is 5.53. The second-order valence-corrected chi connectivity index (χ2v) is 7.02. The van der Waals surface area contributed by atoms with Crippen LogP contribution in [0.25, 0.3) is 0 Å². The summed E-state index contributed by atoms with van der Waals surface area (Å²) < 4.78 is 6.68. The Morgan fingerprint density at radius 1 is 1.46 bits per heavy atom. The average Bonchev–Trinajstić information content (AvgIpc) is 2.99. The first-order chi connectivity index (χ1) is 11.6. The Morgan fingerprint density at radius 3 is 3.08 bits per heavy atom. The second kappa shape index (κ2) is 7.38. The van der Waals surface area contributed by atoms with Gasteiger partial charge in [-0.2, -0.15) is 0 Å². The van der Waals surface area contributed by atoms with Gasteiger partial charge < -0.3 is 9.64 Å². The zero-order valence-corrected chi connectivity index (χ0v) is 14.5. The molecule has 0 unspecified atom stereocenters. The minimum atomic E-state index is -0.239. The fourth-order valence-electron chi connectivity index (χ4n) is 3.23. The highest BCUT2D eigenvalue weighted by Crippen LogP contribution is 2.32. The van der Waals surface area contributed by atoms with Crippen LogP contribution >= 0.6 is 11.8 Å². The number of ether oxygens (including phenoxy) is 1. The molecule has 1 aromatic heterocycles. The molecule has 1 aromatic rings. The van der Waals surface area contributed by atoms with Crippen LogP contribution in [-0.4, -0.2) is 51.8 Å². The van der Waals surface area contributed by atoms with Crippen LogP contribution in [0.3, 0.4) is 0 Å². The van der Waals surface area contributed by atoms with E-state index in [4.69, 9.17) is 4.74 Å². The number of likely N-dealkylation sites (tertiary alicyclic amines) is 1. The summed E-state index contributed by atoms with van der Waals surface area (Å²) in [5.74, 6) is 0.195. The number of carbonyl (C=O) groups is 2. The number of piperidine rings is 1. The van der Waals surface area contributed by atoms with Crippen molar-refractivity contribution in [2.45, 2.75) is 37.4 Å². The van der Waals surface area contributed by atoms with E-state index in [0.29, 0.717) is 30.6 Å². The number of esters is 1. The molecular formula is C16H21N3O4S. The molecule has 24 heavy (non-hydrogen) atoms. The molecule has 0 N–H and O–H groups in total. The van der Waals surface area contributed by atoms with Gasteiger partial charge in [0.2, 0.25) is 5.91 Å². The van der Waals surface area contributed by atoms with Gasteiger partial charge in [-0.3, -0.25) is 19.0 Å². The van der Waals surface area contributed by atoms with Crippen molar-refractivity contribution >= 4 is 23.6 Å². The highest BCUT2D eigenvalue weighted by Gasteiger charge is 2.32. The molecule has 8 heteroatoms. The maximum absolute atomic E-state index is 12.6. The molecule has 0 spiro atoms. The van der Waals surface area contributed by atoms with E-state index in [2.05, 4.69) is 4.98 Å². The lowest BCUT2D eigenvalue weighted by atomic mass is 9.97. The molecule has 1 saturated heterocycles. The Morgan fingerprint density at radius 2 is 2.29 bits per heavy atom. The predicted molar refractivity (Wildman–Crippen MR) is 88.8 cm³/mol. The Bertz CT molecular complexity index is 690. The smallest absolute Gasteiger partial charge is 0.310 e. The molecule has 130 valence electrons. The molecular weight excluding hydrogens is 330 g/mol. The predicted octanol–water partition coefficient (Wildman–Crippen LogP) is 1.08. The number of amides is 1. The standard InChI is InChI=1S/C16H21N3O4S/c1-2-23-15(22)11-4-3-7-18(9-11)14(21)8-12-10-24-16-17-6-5-13(20)19(12)16/h5-6,11-12H,2-4,7-10H2,1H3/t11-,12+/m0/s1. The van der Waals surface area contributed by atoms with E-state index in [9.17, 15) is 14.4 Å². The van der Waals surface area contributed by atoms with Crippen molar-refractivity contribution in [1.82, 2.24) is 14.5 Å². The molecule has 0 radical (unpaired) electrons. The zero-order chi connectivity index (χ0) is 17.1. The van der Waals surface area contributed by atoms with Gasteiger partial charge in [-0.15, -0.1) is 0 Å². The van der Waals surface area contributed by atoms with Crippen LogP contribution in [-0.2, 0) is 14.3 Å². The summed E-state index contributed by atoms with van der Waals surface area (Å²) >= 11 is 1.50. The molecule has 2 aliphatic rings.